The first-order chi connectivity index (χ1) is 15.4. The molecule has 176 valence electrons. The number of nitrogens with one attached hydrogen (secondary N) is 1. The second-order valence-corrected chi connectivity index (χ2v) is 11.1. The highest BCUT2D eigenvalue weighted by Crippen LogP contribution is 2.38. The lowest BCUT2D eigenvalue weighted by Gasteiger charge is -2.32. The van der Waals surface area contributed by atoms with E-state index >= 15 is 0 Å². The third-order valence-electron chi connectivity index (χ3n) is 5.84. The second-order valence-electron chi connectivity index (χ2n) is 9.07. The number of amides is 1. The number of hydrogen-bond acceptors (Lipinski definition) is 6. The number of sulfone groups is 1. The van der Waals surface area contributed by atoms with Crippen molar-refractivity contribution in [2.75, 3.05) is 12.8 Å². The van der Waals surface area contributed by atoms with Gasteiger partial charge in [0.2, 0.25) is 0 Å². The van der Waals surface area contributed by atoms with Crippen molar-refractivity contribution in [2.45, 2.75) is 50.4 Å². The van der Waals surface area contributed by atoms with Gasteiger partial charge in [-0.2, -0.15) is 0 Å². The zero-order valence-corrected chi connectivity index (χ0v) is 20.4. The first-order valence-electron chi connectivity index (χ1n) is 10.7. The van der Waals surface area contributed by atoms with Crippen molar-refractivity contribution in [3.05, 3.63) is 71.2 Å². The van der Waals surface area contributed by atoms with Crippen LogP contribution in [-0.2, 0) is 30.5 Å². The van der Waals surface area contributed by atoms with Crippen molar-refractivity contribution in [1.29, 1.82) is 0 Å². The molecule has 1 fully saturated rings. The standard InChI is InChI=1S/C24H30BNO6S/c1-23(2)24(3,4)32-25(31-23)20(14-19-12-9-13-21(15-19)33(5,28)29)16-26-22(27)30-17-18-10-7-6-8-11-18/h6-15H,16-17H2,1-5H3,(H,26,27). The first-order valence-corrected chi connectivity index (χ1v) is 12.6. The van der Waals surface area contributed by atoms with Crippen molar-refractivity contribution in [1.82, 2.24) is 5.32 Å². The Bertz CT molecular complexity index is 1110. The monoisotopic (exact) mass is 471 g/mol. The predicted octanol–water partition coefficient (Wildman–Crippen LogP) is 4.03. The van der Waals surface area contributed by atoms with E-state index in [1.165, 1.54) is 0 Å². The van der Waals surface area contributed by atoms with Crippen LogP contribution in [0.4, 0.5) is 4.79 Å². The maximum atomic E-state index is 12.3. The van der Waals surface area contributed by atoms with Crippen LogP contribution in [0.2, 0.25) is 0 Å². The van der Waals surface area contributed by atoms with Gasteiger partial charge in [-0.15, -0.1) is 0 Å². The lowest BCUT2D eigenvalue weighted by Crippen LogP contribution is -2.41. The fraction of sp³-hybridized carbons (Fsp3) is 0.375. The van der Waals surface area contributed by atoms with Gasteiger partial charge in [0, 0.05) is 12.8 Å². The molecule has 2 aromatic carbocycles. The number of ether oxygens (including phenoxy) is 1. The Morgan fingerprint density at radius 1 is 1.03 bits per heavy atom. The van der Waals surface area contributed by atoms with Gasteiger partial charge in [0.15, 0.2) is 9.84 Å². The van der Waals surface area contributed by atoms with Gasteiger partial charge in [0.25, 0.3) is 0 Å². The van der Waals surface area contributed by atoms with E-state index in [1.54, 1.807) is 30.3 Å². The van der Waals surface area contributed by atoms with E-state index in [0.29, 0.717) is 11.0 Å². The Morgan fingerprint density at radius 2 is 1.67 bits per heavy atom. The minimum Gasteiger partial charge on any atom is -0.445 e. The number of benzene rings is 2. The minimum atomic E-state index is -3.36. The maximum Gasteiger partial charge on any atom is 0.492 e. The van der Waals surface area contributed by atoms with Crippen LogP contribution < -0.4 is 5.32 Å². The molecule has 1 saturated heterocycles. The maximum absolute atomic E-state index is 12.3. The van der Waals surface area contributed by atoms with E-state index in [0.717, 1.165) is 11.8 Å². The molecule has 1 amide bonds. The lowest BCUT2D eigenvalue weighted by molar-refractivity contribution is 0.00578. The molecule has 33 heavy (non-hydrogen) atoms. The molecule has 0 unspecified atom stereocenters. The molecule has 2 aromatic rings. The molecule has 0 bridgehead atoms. The van der Waals surface area contributed by atoms with Crippen molar-refractivity contribution < 1.29 is 27.3 Å². The number of rotatable bonds is 7. The molecular weight excluding hydrogens is 441 g/mol. The molecular formula is C24H30BNO6S. The molecule has 0 radical (unpaired) electrons. The SMILES string of the molecule is CC1(C)OB(C(=Cc2cccc(S(C)(=O)=O)c2)CNC(=O)OCc2ccccc2)OC1(C)C. The van der Waals surface area contributed by atoms with Gasteiger partial charge < -0.3 is 19.4 Å². The summed E-state index contributed by atoms with van der Waals surface area (Å²) in [4.78, 5) is 12.5. The number of alkyl carbamates (subject to hydrolysis) is 1. The fourth-order valence-electron chi connectivity index (χ4n) is 3.19. The molecule has 1 heterocycles. The number of carbonyl (C=O) groups is 1. The molecule has 1 aliphatic rings. The largest absolute Gasteiger partial charge is 0.492 e. The van der Waals surface area contributed by atoms with Gasteiger partial charge >= 0.3 is 13.2 Å². The molecule has 1 N–H and O–H groups in total. The number of carbonyl (C=O) groups excluding carboxylic acids is 1. The summed E-state index contributed by atoms with van der Waals surface area (Å²) in [5.74, 6) is 0. The summed E-state index contributed by atoms with van der Waals surface area (Å²) in [5, 5.41) is 2.74. The summed E-state index contributed by atoms with van der Waals surface area (Å²) in [7, 11) is -4.07. The van der Waals surface area contributed by atoms with Crippen LogP contribution in [0, 0.1) is 0 Å². The molecule has 0 aliphatic carbocycles. The average Bonchev–Trinajstić information content (AvgIpc) is 2.96. The van der Waals surface area contributed by atoms with E-state index < -0.39 is 34.3 Å². The summed E-state index contributed by atoms with van der Waals surface area (Å²) in [6.07, 6.45) is 2.36. The summed E-state index contributed by atoms with van der Waals surface area (Å²) in [6.45, 7) is 8.02. The Labute approximate surface area is 196 Å². The highest BCUT2D eigenvalue weighted by Gasteiger charge is 2.52. The van der Waals surface area contributed by atoms with Crippen molar-refractivity contribution in [3.63, 3.8) is 0 Å². The molecule has 0 atom stereocenters. The smallest absolute Gasteiger partial charge is 0.445 e. The molecule has 0 aromatic heterocycles. The van der Waals surface area contributed by atoms with Crippen LogP contribution in [0.5, 0.6) is 0 Å². The van der Waals surface area contributed by atoms with E-state index in [-0.39, 0.29) is 18.0 Å². The normalized spacial score (nSPS) is 17.6. The first kappa shape index (κ1) is 25.0. The van der Waals surface area contributed by atoms with Gasteiger partial charge in [0.1, 0.15) is 6.61 Å². The van der Waals surface area contributed by atoms with Crippen molar-refractivity contribution >= 4 is 29.1 Å². The summed E-state index contributed by atoms with van der Waals surface area (Å²) < 4.78 is 41.5. The van der Waals surface area contributed by atoms with Gasteiger partial charge in [-0.25, -0.2) is 13.2 Å². The number of hydrogen-bond donors (Lipinski definition) is 1. The zero-order valence-electron chi connectivity index (χ0n) is 19.6. The van der Waals surface area contributed by atoms with Crippen LogP contribution in [0.3, 0.4) is 0 Å². The van der Waals surface area contributed by atoms with E-state index in [9.17, 15) is 13.2 Å². The van der Waals surface area contributed by atoms with Crippen LogP contribution in [0.1, 0.15) is 38.8 Å². The van der Waals surface area contributed by atoms with Gasteiger partial charge in [-0.3, -0.25) is 0 Å². The van der Waals surface area contributed by atoms with Crippen LogP contribution in [0.25, 0.3) is 6.08 Å². The predicted molar refractivity (Wildman–Crippen MR) is 128 cm³/mol. The van der Waals surface area contributed by atoms with Gasteiger partial charge in [0.05, 0.1) is 16.1 Å². The topological polar surface area (TPSA) is 90.9 Å². The van der Waals surface area contributed by atoms with Crippen molar-refractivity contribution in [3.8, 4) is 0 Å². The van der Waals surface area contributed by atoms with Gasteiger partial charge in [-0.1, -0.05) is 48.5 Å². The quantitative estimate of drug-likeness (QED) is 0.614. The van der Waals surface area contributed by atoms with E-state index in [2.05, 4.69) is 5.32 Å². The zero-order chi connectivity index (χ0) is 24.3. The third-order valence-corrected chi connectivity index (χ3v) is 6.95. The lowest BCUT2D eigenvalue weighted by atomic mass is 9.77. The Kier molecular flexibility index (Phi) is 7.36. The molecule has 0 spiro atoms. The summed E-state index contributed by atoms with van der Waals surface area (Å²) >= 11 is 0. The highest BCUT2D eigenvalue weighted by atomic mass is 32.2. The molecule has 1 aliphatic heterocycles. The van der Waals surface area contributed by atoms with Crippen LogP contribution in [-0.4, -0.2) is 45.6 Å². The summed E-state index contributed by atoms with van der Waals surface area (Å²) in [5.41, 5.74) is 1.03. The average molecular weight is 471 g/mol. The molecule has 9 heteroatoms. The second kappa shape index (κ2) is 9.71. The van der Waals surface area contributed by atoms with Crippen molar-refractivity contribution in [2.24, 2.45) is 0 Å². The Balaban J connectivity index is 1.79. The van der Waals surface area contributed by atoms with Crippen LogP contribution >= 0.6 is 0 Å². The van der Waals surface area contributed by atoms with Crippen LogP contribution in [0.15, 0.2) is 65.0 Å². The van der Waals surface area contributed by atoms with Gasteiger partial charge in [-0.05, 0) is 56.4 Å². The molecule has 3 rings (SSSR count). The Morgan fingerprint density at radius 3 is 2.27 bits per heavy atom. The Hall–Kier alpha value is -2.62. The fourth-order valence-corrected chi connectivity index (χ4v) is 3.87. The molecule has 0 saturated carbocycles. The summed E-state index contributed by atoms with van der Waals surface area (Å²) in [6, 6.07) is 16.0. The third kappa shape index (κ3) is 6.46. The van der Waals surface area contributed by atoms with E-state index in [4.69, 9.17) is 14.0 Å². The minimum absolute atomic E-state index is 0.105. The highest BCUT2D eigenvalue weighted by molar-refractivity contribution is 7.90. The molecule has 7 nitrogen and oxygen atoms in total. The van der Waals surface area contributed by atoms with E-state index in [1.807, 2.05) is 58.0 Å².